The Bertz CT molecular complexity index is 1020. The number of anilines is 3. The summed E-state index contributed by atoms with van der Waals surface area (Å²) in [6.07, 6.45) is 0. The first kappa shape index (κ1) is 17.3. The largest absolute Gasteiger partial charge is 0.494 e. The first-order chi connectivity index (χ1) is 13.3. The van der Waals surface area contributed by atoms with Crippen LogP contribution in [0.2, 0.25) is 0 Å². The monoisotopic (exact) mass is 376 g/mol. The summed E-state index contributed by atoms with van der Waals surface area (Å²) in [6, 6.07) is 20.0. The average molecular weight is 376 g/mol. The van der Waals surface area contributed by atoms with Gasteiger partial charge in [-0.25, -0.2) is 4.98 Å². The van der Waals surface area contributed by atoms with Gasteiger partial charge < -0.3 is 15.4 Å². The van der Waals surface area contributed by atoms with Gasteiger partial charge in [0.1, 0.15) is 11.6 Å². The van der Waals surface area contributed by atoms with Crippen LogP contribution in [-0.4, -0.2) is 16.6 Å². The van der Waals surface area contributed by atoms with Crippen molar-refractivity contribution in [1.82, 2.24) is 9.97 Å². The maximum atomic E-state index is 5.49. The minimum Gasteiger partial charge on any atom is -0.494 e. The summed E-state index contributed by atoms with van der Waals surface area (Å²) < 4.78 is 5.49. The van der Waals surface area contributed by atoms with Crippen LogP contribution in [0, 0.1) is 0 Å². The zero-order valence-electron chi connectivity index (χ0n) is 15.0. The maximum Gasteiger partial charge on any atom is 0.229 e. The number of rotatable bonds is 7. The van der Waals surface area contributed by atoms with Gasteiger partial charge in [0.2, 0.25) is 5.95 Å². The van der Waals surface area contributed by atoms with Crippen molar-refractivity contribution >= 4 is 39.7 Å². The van der Waals surface area contributed by atoms with E-state index >= 15 is 0 Å². The summed E-state index contributed by atoms with van der Waals surface area (Å²) in [5.74, 6) is 2.23. The molecule has 0 radical (unpaired) electrons. The molecule has 0 saturated carbocycles. The molecule has 0 aliphatic carbocycles. The van der Waals surface area contributed by atoms with Crippen molar-refractivity contribution in [3.8, 4) is 5.75 Å². The van der Waals surface area contributed by atoms with E-state index in [2.05, 4.69) is 33.1 Å². The number of nitrogens with one attached hydrogen (secondary N) is 2. The Morgan fingerprint density at radius 1 is 0.963 bits per heavy atom. The molecule has 0 unspecified atom stereocenters. The van der Waals surface area contributed by atoms with Crippen LogP contribution in [0.5, 0.6) is 5.75 Å². The third-order valence-electron chi connectivity index (χ3n) is 4.03. The van der Waals surface area contributed by atoms with E-state index in [4.69, 9.17) is 9.72 Å². The van der Waals surface area contributed by atoms with Crippen molar-refractivity contribution in [2.24, 2.45) is 0 Å². The van der Waals surface area contributed by atoms with Crippen molar-refractivity contribution in [2.75, 3.05) is 17.2 Å². The number of aromatic nitrogens is 2. The quantitative estimate of drug-likeness (QED) is 0.449. The van der Waals surface area contributed by atoms with Crippen LogP contribution < -0.4 is 15.4 Å². The van der Waals surface area contributed by atoms with Crippen molar-refractivity contribution < 1.29 is 4.74 Å². The fourth-order valence-corrected chi connectivity index (χ4v) is 3.43. The van der Waals surface area contributed by atoms with Crippen LogP contribution >= 0.6 is 11.3 Å². The molecule has 4 aromatic rings. The molecular weight excluding hydrogens is 356 g/mol. The highest BCUT2D eigenvalue weighted by molar-refractivity contribution is 7.09. The standard InChI is InChI=1S/C21H20N4OS/c1-2-26-16-11-9-15(10-12-16)23-21-24-19-8-4-3-7-18(19)20(25-21)22-14-17-6-5-13-27-17/h3-13H,2,14H2,1H3,(H2,22,23,24,25). The molecular formula is C21H20N4OS. The van der Waals surface area contributed by atoms with Crippen LogP contribution in [0.25, 0.3) is 10.9 Å². The second-order valence-electron chi connectivity index (χ2n) is 5.93. The van der Waals surface area contributed by atoms with Gasteiger partial charge in [0.05, 0.1) is 18.7 Å². The number of hydrogen-bond acceptors (Lipinski definition) is 6. The lowest BCUT2D eigenvalue weighted by Gasteiger charge is -2.12. The number of nitrogens with zero attached hydrogens (tertiary/aromatic N) is 2. The van der Waals surface area contributed by atoms with Gasteiger partial charge >= 0.3 is 0 Å². The van der Waals surface area contributed by atoms with Gasteiger partial charge in [-0.2, -0.15) is 4.98 Å². The van der Waals surface area contributed by atoms with E-state index in [9.17, 15) is 0 Å². The third-order valence-corrected chi connectivity index (χ3v) is 4.91. The zero-order chi connectivity index (χ0) is 18.5. The molecule has 0 atom stereocenters. The Morgan fingerprint density at radius 2 is 1.81 bits per heavy atom. The maximum absolute atomic E-state index is 5.49. The van der Waals surface area contributed by atoms with Gasteiger partial charge in [-0.15, -0.1) is 11.3 Å². The highest BCUT2D eigenvalue weighted by atomic mass is 32.1. The molecule has 136 valence electrons. The second kappa shape index (κ2) is 8.05. The number of fused-ring (bicyclic) bond motifs is 1. The molecule has 2 aromatic carbocycles. The fraction of sp³-hybridized carbons (Fsp3) is 0.143. The number of benzene rings is 2. The molecule has 0 aliphatic heterocycles. The summed E-state index contributed by atoms with van der Waals surface area (Å²) in [5, 5.41) is 9.81. The predicted molar refractivity (Wildman–Crippen MR) is 112 cm³/mol. The van der Waals surface area contributed by atoms with E-state index in [-0.39, 0.29) is 0 Å². The molecule has 2 N–H and O–H groups in total. The van der Waals surface area contributed by atoms with E-state index in [1.807, 2.05) is 55.5 Å². The van der Waals surface area contributed by atoms with Gasteiger partial charge in [0.25, 0.3) is 0 Å². The lowest BCUT2D eigenvalue weighted by molar-refractivity contribution is 0.340. The van der Waals surface area contributed by atoms with E-state index in [1.54, 1.807) is 11.3 Å². The van der Waals surface area contributed by atoms with Crippen molar-refractivity contribution in [1.29, 1.82) is 0 Å². The van der Waals surface area contributed by atoms with Gasteiger partial charge in [-0.3, -0.25) is 0 Å². The van der Waals surface area contributed by atoms with Gasteiger partial charge in [-0.05, 0) is 54.8 Å². The van der Waals surface area contributed by atoms with E-state index in [0.717, 1.165) is 34.7 Å². The summed E-state index contributed by atoms with van der Waals surface area (Å²) in [6.45, 7) is 3.36. The molecule has 5 nitrogen and oxygen atoms in total. The third kappa shape index (κ3) is 4.17. The smallest absolute Gasteiger partial charge is 0.229 e. The molecule has 0 saturated heterocycles. The van der Waals surface area contributed by atoms with Gasteiger partial charge in [-0.1, -0.05) is 18.2 Å². The minimum atomic E-state index is 0.562. The number of thiophene rings is 1. The number of ether oxygens (including phenoxy) is 1. The van der Waals surface area contributed by atoms with Crippen LogP contribution in [0.4, 0.5) is 17.5 Å². The summed E-state index contributed by atoms with van der Waals surface area (Å²) >= 11 is 1.73. The van der Waals surface area contributed by atoms with E-state index < -0.39 is 0 Å². The topological polar surface area (TPSA) is 59.1 Å². The fourth-order valence-electron chi connectivity index (χ4n) is 2.78. The lowest BCUT2D eigenvalue weighted by atomic mass is 10.2. The van der Waals surface area contributed by atoms with Crippen LogP contribution in [0.1, 0.15) is 11.8 Å². The SMILES string of the molecule is CCOc1ccc(Nc2nc(NCc3cccs3)c3ccccc3n2)cc1. The Balaban J connectivity index is 1.60. The highest BCUT2D eigenvalue weighted by Crippen LogP contribution is 2.25. The summed E-state index contributed by atoms with van der Waals surface area (Å²) in [7, 11) is 0. The molecule has 0 bridgehead atoms. The molecule has 2 aromatic heterocycles. The van der Waals surface area contributed by atoms with E-state index in [1.165, 1.54) is 4.88 Å². The average Bonchev–Trinajstić information content (AvgIpc) is 3.21. The lowest BCUT2D eigenvalue weighted by Crippen LogP contribution is -2.05. The molecule has 4 rings (SSSR count). The Kier molecular flexibility index (Phi) is 5.16. The summed E-state index contributed by atoms with van der Waals surface area (Å²) in [4.78, 5) is 10.6. The molecule has 27 heavy (non-hydrogen) atoms. The molecule has 0 amide bonds. The Morgan fingerprint density at radius 3 is 2.59 bits per heavy atom. The van der Waals surface area contributed by atoms with Crippen molar-refractivity contribution in [3.63, 3.8) is 0 Å². The first-order valence-electron chi connectivity index (χ1n) is 8.85. The Labute approximate surface area is 162 Å². The van der Waals surface area contributed by atoms with Crippen molar-refractivity contribution in [2.45, 2.75) is 13.5 Å². The molecule has 0 fully saturated rings. The van der Waals surface area contributed by atoms with E-state index in [0.29, 0.717) is 12.6 Å². The molecule has 0 spiro atoms. The molecule has 6 heteroatoms. The van der Waals surface area contributed by atoms with Crippen LogP contribution in [0.15, 0.2) is 66.0 Å². The normalized spacial score (nSPS) is 10.7. The zero-order valence-corrected chi connectivity index (χ0v) is 15.8. The summed E-state index contributed by atoms with van der Waals surface area (Å²) in [5.41, 5.74) is 1.81. The minimum absolute atomic E-state index is 0.562. The Hall–Kier alpha value is -3.12. The highest BCUT2D eigenvalue weighted by Gasteiger charge is 2.08. The molecule has 0 aliphatic rings. The number of hydrogen-bond donors (Lipinski definition) is 2. The number of para-hydroxylation sites is 1. The van der Waals surface area contributed by atoms with Crippen LogP contribution in [-0.2, 0) is 6.54 Å². The molecule has 2 heterocycles. The van der Waals surface area contributed by atoms with Crippen LogP contribution in [0.3, 0.4) is 0 Å². The van der Waals surface area contributed by atoms with Gasteiger partial charge in [0, 0.05) is 16.0 Å². The second-order valence-corrected chi connectivity index (χ2v) is 6.96. The first-order valence-corrected chi connectivity index (χ1v) is 9.72. The predicted octanol–water partition coefficient (Wildman–Crippen LogP) is 5.45. The van der Waals surface area contributed by atoms with Crippen molar-refractivity contribution in [3.05, 3.63) is 70.9 Å². The van der Waals surface area contributed by atoms with Gasteiger partial charge in [0.15, 0.2) is 0 Å².